The summed E-state index contributed by atoms with van der Waals surface area (Å²) in [5.41, 5.74) is 1.49. The van der Waals surface area contributed by atoms with Gasteiger partial charge in [-0.2, -0.15) is 5.26 Å². The Balaban J connectivity index is 1.24. The number of benzene rings is 2. The predicted octanol–water partition coefficient (Wildman–Crippen LogP) is 5.40. The second kappa shape index (κ2) is 8.30. The molecule has 2 saturated carbocycles. The third kappa shape index (κ3) is 4.55. The zero-order valence-corrected chi connectivity index (χ0v) is 17.7. The van der Waals surface area contributed by atoms with Crippen LogP contribution in [-0.2, 0) is 0 Å². The molecule has 29 heavy (non-hydrogen) atoms. The maximum Gasteiger partial charge on any atom is 0.251 e. The molecule has 2 aromatic rings. The predicted molar refractivity (Wildman–Crippen MR) is 116 cm³/mol. The Morgan fingerprint density at radius 3 is 2.48 bits per heavy atom. The van der Waals surface area contributed by atoms with E-state index in [4.69, 9.17) is 21.6 Å². The van der Waals surface area contributed by atoms with Crippen molar-refractivity contribution in [3.63, 3.8) is 0 Å². The van der Waals surface area contributed by atoms with E-state index < -0.39 is 0 Å². The highest BCUT2D eigenvalue weighted by Crippen LogP contribution is 2.52. The number of halogens is 1. The summed E-state index contributed by atoms with van der Waals surface area (Å²) in [6.07, 6.45) is 6.51. The molecule has 0 aromatic heterocycles. The number of nitriles is 1. The Bertz CT molecular complexity index is 938. The molecule has 6 heteroatoms. The lowest BCUT2D eigenvalue weighted by Crippen LogP contribution is -2.49. The number of thiol groups is 1. The van der Waals surface area contributed by atoms with Crippen LogP contribution in [0.5, 0.6) is 5.75 Å². The molecule has 0 unspecified atom stereocenters. The summed E-state index contributed by atoms with van der Waals surface area (Å²) in [5, 5.41) is 12.6. The summed E-state index contributed by atoms with van der Waals surface area (Å²) < 4.78 is 6.05. The Kier molecular flexibility index (Phi) is 5.76. The van der Waals surface area contributed by atoms with Gasteiger partial charge in [0.1, 0.15) is 11.8 Å². The first kappa shape index (κ1) is 20.1. The topological polar surface area (TPSA) is 62.1 Å². The van der Waals surface area contributed by atoms with Crippen LogP contribution < -0.4 is 10.1 Å². The summed E-state index contributed by atoms with van der Waals surface area (Å²) in [7, 11) is 0. The molecule has 0 bridgehead atoms. The molecule has 0 atom stereocenters. The van der Waals surface area contributed by atoms with Crippen LogP contribution in [0.25, 0.3) is 0 Å². The standard InChI is InChI=1S/C23H23ClN2O2S/c24-21-11-18(4-1-16(21)14-25)28-19-12-23(13-19)9-7-17(8-10-23)26-22(27)15-2-5-20(29)6-3-15/h1-6,11,17,19,29H,7-10,12-13H2,(H,26,27). The molecule has 2 fully saturated rings. The van der Waals surface area contributed by atoms with Crippen molar-refractivity contribution in [3.05, 3.63) is 58.6 Å². The third-order valence-corrected chi connectivity index (χ3v) is 6.81. The number of nitrogens with zero attached hydrogens (tertiary/aromatic N) is 1. The van der Waals surface area contributed by atoms with Gasteiger partial charge in [-0.1, -0.05) is 11.6 Å². The van der Waals surface area contributed by atoms with E-state index in [9.17, 15) is 4.79 Å². The van der Waals surface area contributed by atoms with Crippen molar-refractivity contribution in [2.24, 2.45) is 5.41 Å². The second-order valence-electron chi connectivity index (χ2n) is 8.20. The first-order valence-electron chi connectivity index (χ1n) is 9.93. The first-order chi connectivity index (χ1) is 14.0. The molecule has 2 aromatic carbocycles. The summed E-state index contributed by atoms with van der Waals surface area (Å²) in [6, 6.07) is 14.8. The molecule has 2 aliphatic carbocycles. The van der Waals surface area contributed by atoms with Crippen molar-refractivity contribution >= 4 is 30.1 Å². The Morgan fingerprint density at radius 2 is 1.86 bits per heavy atom. The van der Waals surface area contributed by atoms with E-state index in [0.29, 0.717) is 21.6 Å². The van der Waals surface area contributed by atoms with Gasteiger partial charge in [0.2, 0.25) is 0 Å². The molecule has 1 amide bonds. The number of carbonyl (C=O) groups is 1. The van der Waals surface area contributed by atoms with E-state index in [0.717, 1.165) is 49.2 Å². The van der Waals surface area contributed by atoms with Gasteiger partial charge in [-0.05, 0) is 80.3 Å². The number of carbonyl (C=O) groups excluding carboxylic acids is 1. The van der Waals surface area contributed by atoms with E-state index >= 15 is 0 Å². The summed E-state index contributed by atoms with van der Waals surface area (Å²) in [4.78, 5) is 13.3. The number of nitrogens with one attached hydrogen (secondary N) is 1. The van der Waals surface area contributed by atoms with Gasteiger partial charge in [-0.25, -0.2) is 0 Å². The first-order valence-corrected chi connectivity index (χ1v) is 10.8. The van der Waals surface area contributed by atoms with E-state index in [-0.39, 0.29) is 18.1 Å². The van der Waals surface area contributed by atoms with Crippen LogP contribution in [0, 0.1) is 16.7 Å². The molecule has 1 N–H and O–H groups in total. The summed E-state index contributed by atoms with van der Waals surface area (Å²) in [6.45, 7) is 0. The van der Waals surface area contributed by atoms with Crippen molar-refractivity contribution in [2.75, 3.05) is 0 Å². The van der Waals surface area contributed by atoms with Crippen molar-refractivity contribution in [3.8, 4) is 11.8 Å². The molecule has 150 valence electrons. The molecule has 4 rings (SSSR count). The van der Waals surface area contributed by atoms with Gasteiger partial charge < -0.3 is 10.1 Å². The number of ether oxygens (including phenoxy) is 1. The van der Waals surface area contributed by atoms with Gasteiger partial charge in [0.25, 0.3) is 5.91 Å². The number of hydrogen-bond acceptors (Lipinski definition) is 4. The van der Waals surface area contributed by atoms with Crippen molar-refractivity contribution < 1.29 is 9.53 Å². The van der Waals surface area contributed by atoms with E-state index in [1.54, 1.807) is 12.1 Å². The van der Waals surface area contributed by atoms with Crippen LogP contribution >= 0.6 is 24.2 Å². The highest BCUT2D eigenvalue weighted by molar-refractivity contribution is 7.80. The minimum Gasteiger partial charge on any atom is -0.490 e. The quantitative estimate of drug-likeness (QED) is 0.643. The maximum absolute atomic E-state index is 12.4. The van der Waals surface area contributed by atoms with E-state index in [1.165, 1.54) is 0 Å². The fourth-order valence-electron chi connectivity index (χ4n) is 4.51. The van der Waals surface area contributed by atoms with E-state index in [2.05, 4.69) is 24.0 Å². The van der Waals surface area contributed by atoms with Gasteiger partial charge in [0, 0.05) is 22.6 Å². The van der Waals surface area contributed by atoms with Gasteiger partial charge in [0.15, 0.2) is 0 Å². The largest absolute Gasteiger partial charge is 0.490 e. The lowest BCUT2D eigenvalue weighted by Gasteiger charge is -2.51. The number of amides is 1. The molecule has 1 spiro atoms. The SMILES string of the molecule is N#Cc1ccc(OC2CC3(CCC(NC(=O)c4ccc(S)cc4)CC3)C2)cc1Cl. The van der Waals surface area contributed by atoms with Crippen molar-refractivity contribution in [1.82, 2.24) is 5.32 Å². The number of rotatable bonds is 4. The van der Waals surface area contributed by atoms with Gasteiger partial charge in [0.05, 0.1) is 16.7 Å². The van der Waals surface area contributed by atoms with Crippen LogP contribution in [0.1, 0.15) is 54.4 Å². The lowest BCUT2D eigenvalue weighted by molar-refractivity contribution is -0.0437. The van der Waals surface area contributed by atoms with Gasteiger partial charge >= 0.3 is 0 Å². The lowest BCUT2D eigenvalue weighted by atomic mass is 9.58. The maximum atomic E-state index is 12.4. The molecule has 4 nitrogen and oxygen atoms in total. The fourth-order valence-corrected chi connectivity index (χ4v) is 4.87. The molecule has 0 radical (unpaired) electrons. The highest BCUT2D eigenvalue weighted by Gasteiger charge is 2.47. The molecule has 0 saturated heterocycles. The van der Waals surface area contributed by atoms with Crippen molar-refractivity contribution in [2.45, 2.75) is 55.6 Å². The molecular weight excluding hydrogens is 404 g/mol. The van der Waals surface area contributed by atoms with Gasteiger partial charge in [-0.3, -0.25) is 4.79 Å². The molecule has 0 aliphatic heterocycles. The Labute approximate surface area is 181 Å². The zero-order chi connectivity index (χ0) is 20.4. The fraction of sp³-hybridized carbons (Fsp3) is 0.391. The van der Waals surface area contributed by atoms with Crippen LogP contribution in [0.2, 0.25) is 5.02 Å². The average molecular weight is 427 g/mol. The smallest absolute Gasteiger partial charge is 0.251 e. The summed E-state index contributed by atoms with van der Waals surface area (Å²) >= 11 is 10.3. The molecule has 2 aliphatic rings. The Hall–Kier alpha value is -2.16. The Morgan fingerprint density at radius 1 is 1.17 bits per heavy atom. The third-order valence-electron chi connectivity index (χ3n) is 6.20. The molecular formula is C23H23ClN2O2S. The van der Waals surface area contributed by atoms with E-state index in [1.807, 2.05) is 30.3 Å². The monoisotopic (exact) mass is 426 g/mol. The zero-order valence-electron chi connectivity index (χ0n) is 16.0. The molecule has 0 heterocycles. The van der Waals surface area contributed by atoms with Crippen LogP contribution in [0.15, 0.2) is 47.4 Å². The minimum absolute atomic E-state index is 0.00760. The highest BCUT2D eigenvalue weighted by atomic mass is 35.5. The average Bonchev–Trinajstić information content (AvgIpc) is 2.69. The van der Waals surface area contributed by atoms with Crippen LogP contribution in [0.3, 0.4) is 0 Å². The minimum atomic E-state index is -0.00760. The summed E-state index contributed by atoms with van der Waals surface area (Å²) in [5.74, 6) is 0.717. The van der Waals surface area contributed by atoms with Gasteiger partial charge in [-0.15, -0.1) is 12.6 Å². The van der Waals surface area contributed by atoms with Crippen molar-refractivity contribution in [1.29, 1.82) is 5.26 Å². The van der Waals surface area contributed by atoms with Crippen LogP contribution in [0.4, 0.5) is 0 Å². The normalized spacial score (nSPS) is 25.7. The van der Waals surface area contributed by atoms with Crippen LogP contribution in [-0.4, -0.2) is 18.1 Å². The number of hydrogen-bond donors (Lipinski definition) is 2. The second-order valence-corrected chi connectivity index (χ2v) is 9.12.